The zero-order valence-electron chi connectivity index (χ0n) is 7.99. The minimum atomic E-state index is -0.0758. The molecule has 1 heterocycles. The standard InChI is InChI=1S/C10H15NO2/c1-7(2)10-4-8(5-12)3-9(6-13)11-10/h3-4,7,12-13H,5-6H2,1-2H3. The van der Waals surface area contributed by atoms with Gasteiger partial charge in [0.25, 0.3) is 0 Å². The average molecular weight is 181 g/mol. The van der Waals surface area contributed by atoms with Crippen LogP contribution < -0.4 is 0 Å². The summed E-state index contributed by atoms with van der Waals surface area (Å²) in [4.78, 5) is 4.24. The third-order valence-electron chi connectivity index (χ3n) is 1.89. The Morgan fingerprint density at radius 2 is 1.92 bits per heavy atom. The largest absolute Gasteiger partial charge is 0.392 e. The molecule has 0 fully saturated rings. The van der Waals surface area contributed by atoms with Crippen LogP contribution in [0.5, 0.6) is 0 Å². The molecule has 0 saturated carbocycles. The first-order valence-corrected chi connectivity index (χ1v) is 4.38. The van der Waals surface area contributed by atoms with E-state index >= 15 is 0 Å². The van der Waals surface area contributed by atoms with Crippen molar-refractivity contribution in [2.75, 3.05) is 0 Å². The number of aliphatic hydroxyl groups is 2. The topological polar surface area (TPSA) is 53.4 Å². The Labute approximate surface area is 78.1 Å². The molecule has 0 atom stereocenters. The van der Waals surface area contributed by atoms with Crippen LogP contribution >= 0.6 is 0 Å². The smallest absolute Gasteiger partial charge is 0.0853 e. The van der Waals surface area contributed by atoms with Crippen molar-refractivity contribution in [2.24, 2.45) is 0 Å². The molecule has 0 unspecified atom stereocenters. The fourth-order valence-corrected chi connectivity index (χ4v) is 1.14. The molecule has 0 aromatic carbocycles. The van der Waals surface area contributed by atoms with Gasteiger partial charge in [-0.25, -0.2) is 0 Å². The van der Waals surface area contributed by atoms with E-state index in [-0.39, 0.29) is 13.2 Å². The summed E-state index contributed by atoms with van der Waals surface area (Å²) in [6.07, 6.45) is 0. The average Bonchev–Trinajstić information content (AvgIpc) is 2.16. The van der Waals surface area contributed by atoms with Gasteiger partial charge in [0.2, 0.25) is 0 Å². The highest BCUT2D eigenvalue weighted by Crippen LogP contribution is 2.14. The number of hydrogen-bond donors (Lipinski definition) is 2. The molecule has 2 N–H and O–H groups in total. The number of hydrogen-bond acceptors (Lipinski definition) is 3. The highest BCUT2D eigenvalue weighted by molar-refractivity contribution is 5.22. The van der Waals surface area contributed by atoms with Gasteiger partial charge in [-0.05, 0) is 23.6 Å². The maximum absolute atomic E-state index is 8.95. The Bertz CT molecular complexity index is 262. The number of aliphatic hydroxyl groups excluding tert-OH is 2. The van der Waals surface area contributed by atoms with Crippen LogP contribution in [0.2, 0.25) is 0 Å². The molecule has 1 aromatic rings. The summed E-state index contributed by atoms with van der Waals surface area (Å²) in [7, 11) is 0. The second-order valence-corrected chi connectivity index (χ2v) is 3.36. The first kappa shape index (κ1) is 10.2. The normalized spacial score (nSPS) is 10.8. The van der Waals surface area contributed by atoms with E-state index in [1.54, 1.807) is 6.07 Å². The van der Waals surface area contributed by atoms with Crippen LogP contribution in [0.3, 0.4) is 0 Å². The summed E-state index contributed by atoms with van der Waals surface area (Å²) in [5.74, 6) is 0.316. The van der Waals surface area contributed by atoms with Crippen molar-refractivity contribution in [3.8, 4) is 0 Å². The van der Waals surface area contributed by atoms with E-state index in [4.69, 9.17) is 10.2 Å². The molecule has 0 bridgehead atoms. The zero-order valence-corrected chi connectivity index (χ0v) is 7.99. The molecule has 72 valence electrons. The summed E-state index contributed by atoms with van der Waals surface area (Å²) in [5, 5.41) is 17.9. The van der Waals surface area contributed by atoms with E-state index in [1.165, 1.54) is 0 Å². The van der Waals surface area contributed by atoms with Crippen molar-refractivity contribution < 1.29 is 10.2 Å². The Balaban J connectivity index is 3.07. The van der Waals surface area contributed by atoms with E-state index in [0.29, 0.717) is 11.6 Å². The van der Waals surface area contributed by atoms with E-state index in [0.717, 1.165) is 11.3 Å². The molecule has 3 heteroatoms. The fraction of sp³-hybridized carbons (Fsp3) is 0.500. The summed E-state index contributed by atoms with van der Waals surface area (Å²) in [6.45, 7) is 3.98. The third-order valence-corrected chi connectivity index (χ3v) is 1.89. The lowest BCUT2D eigenvalue weighted by molar-refractivity contribution is 0.271. The molecule has 3 nitrogen and oxygen atoms in total. The van der Waals surface area contributed by atoms with Crippen LogP contribution in [0, 0.1) is 0 Å². The van der Waals surface area contributed by atoms with E-state index in [9.17, 15) is 0 Å². The summed E-state index contributed by atoms with van der Waals surface area (Å²) in [5.41, 5.74) is 2.34. The lowest BCUT2D eigenvalue weighted by atomic mass is 10.1. The van der Waals surface area contributed by atoms with Gasteiger partial charge in [-0.3, -0.25) is 4.98 Å². The molecule has 13 heavy (non-hydrogen) atoms. The fourth-order valence-electron chi connectivity index (χ4n) is 1.14. The van der Waals surface area contributed by atoms with Gasteiger partial charge in [-0.1, -0.05) is 13.8 Å². The zero-order chi connectivity index (χ0) is 9.84. The predicted molar refractivity (Wildman–Crippen MR) is 50.2 cm³/mol. The molecular formula is C10H15NO2. The van der Waals surface area contributed by atoms with Gasteiger partial charge in [0.05, 0.1) is 18.9 Å². The van der Waals surface area contributed by atoms with Crippen molar-refractivity contribution in [3.63, 3.8) is 0 Å². The van der Waals surface area contributed by atoms with E-state index in [2.05, 4.69) is 4.98 Å². The van der Waals surface area contributed by atoms with Crippen LogP contribution in [0.25, 0.3) is 0 Å². The highest BCUT2D eigenvalue weighted by Gasteiger charge is 2.04. The minimum Gasteiger partial charge on any atom is -0.392 e. The molecule has 0 saturated heterocycles. The lowest BCUT2D eigenvalue weighted by Crippen LogP contribution is -2.00. The van der Waals surface area contributed by atoms with E-state index < -0.39 is 0 Å². The van der Waals surface area contributed by atoms with Crippen molar-refractivity contribution >= 4 is 0 Å². The van der Waals surface area contributed by atoms with Gasteiger partial charge in [0.15, 0.2) is 0 Å². The maximum Gasteiger partial charge on any atom is 0.0853 e. The molecule has 1 rings (SSSR count). The SMILES string of the molecule is CC(C)c1cc(CO)cc(CO)n1. The summed E-state index contributed by atoms with van der Waals surface area (Å²) in [6, 6.07) is 3.58. The minimum absolute atomic E-state index is 0.00472. The van der Waals surface area contributed by atoms with Crippen LogP contribution in [-0.2, 0) is 13.2 Å². The van der Waals surface area contributed by atoms with Crippen molar-refractivity contribution in [1.29, 1.82) is 0 Å². The van der Waals surface area contributed by atoms with Gasteiger partial charge in [-0.2, -0.15) is 0 Å². The highest BCUT2D eigenvalue weighted by atomic mass is 16.3. The number of nitrogens with zero attached hydrogens (tertiary/aromatic N) is 1. The molecule has 0 aliphatic rings. The molecule has 0 radical (unpaired) electrons. The van der Waals surface area contributed by atoms with Gasteiger partial charge in [-0.15, -0.1) is 0 Å². The van der Waals surface area contributed by atoms with Gasteiger partial charge in [0.1, 0.15) is 0 Å². The monoisotopic (exact) mass is 181 g/mol. The van der Waals surface area contributed by atoms with Gasteiger partial charge < -0.3 is 10.2 Å². The van der Waals surface area contributed by atoms with E-state index in [1.807, 2.05) is 19.9 Å². The van der Waals surface area contributed by atoms with Crippen LogP contribution in [0.1, 0.15) is 36.7 Å². The van der Waals surface area contributed by atoms with Crippen LogP contribution in [0.15, 0.2) is 12.1 Å². The van der Waals surface area contributed by atoms with Crippen molar-refractivity contribution in [3.05, 3.63) is 29.1 Å². The summed E-state index contributed by atoms with van der Waals surface area (Å²) >= 11 is 0. The van der Waals surface area contributed by atoms with Crippen molar-refractivity contribution in [2.45, 2.75) is 33.0 Å². The Morgan fingerprint density at radius 3 is 2.38 bits per heavy atom. The second kappa shape index (κ2) is 4.35. The molecule has 0 amide bonds. The first-order valence-electron chi connectivity index (χ1n) is 4.38. The molecule has 0 aliphatic carbocycles. The predicted octanol–water partition coefficient (Wildman–Crippen LogP) is 1.19. The second-order valence-electron chi connectivity index (χ2n) is 3.36. The van der Waals surface area contributed by atoms with Crippen LogP contribution in [-0.4, -0.2) is 15.2 Å². The Morgan fingerprint density at radius 1 is 1.23 bits per heavy atom. The summed E-state index contributed by atoms with van der Waals surface area (Å²) < 4.78 is 0. The van der Waals surface area contributed by atoms with Gasteiger partial charge >= 0.3 is 0 Å². The number of pyridine rings is 1. The first-order chi connectivity index (χ1) is 6.17. The van der Waals surface area contributed by atoms with Crippen molar-refractivity contribution in [1.82, 2.24) is 4.98 Å². The maximum atomic E-state index is 8.95. The number of aromatic nitrogens is 1. The van der Waals surface area contributed by atoms with Gasteiger partial charge in [0, 0.05) is 5.69 Å². The Hall–Kier alpha value is -0.930. The molecule has 1 aromatic heterocycles. The van der Waals surface area contributed by atoms with Crippen LogP contribution in [0.4, 0.5) is 0 Å². The lowest BCUT2D eigenvalue weighted by Gasteiger charge is -2.08. The third kappa shape index (κ3) is 2.50. The number of rotatable bonds is 3. The molecular weight excluding hydrogens is 166 g/mol. The Kier molecular flexibility index (Phi) is 3.39. The molecule has 0 aliphatic heterocycles. The quantitative estimate of drug-likeness (QED) is 0.736. The molecule has 0 spiro atoms.